The maximum Gasteiger partial charge on any atom is 0.241 e. The Morgan fingerprint density at radius 2 is 1.95 bits per heavy atom. The molecule has 0 bridgehead atoms. The van der Waals surface area contributed by atoms with Crippen LogP contribution in [0.3, 0.4) is 0 Å². The molecule has 1 amide bonds. The third kappa shape index (κ3) is 3.94. The van der Waals surface area contributed by atoms with E-state index in [4.69, 9.17) is 5.73 Å². The zero-order chi connectivity index (χ0) is 15.3. The number of likely N-dealkylation sites (N-methyl/N-ethyl adjacent to an activating group) is 1. The summed E-state index contributed by atoms with van der Waals surface area (Å²) in [6.45, 7) is 6.31. The lowest BCUT2D eigenvalue weighted by Crippen LogP contribution is -2.46. The highest BCUT2D eigenvalue weighted by atomic mass is 32.2. The highest BCUT2D eigenvalue weighted by Gasteiger charge is 2.24. The highest BCUT2D eigenvalue weighted by molar-refractivity contribution is 7.89. The smallest absolute Gasteiger partial charge is 0.241 e. The Balaban J connectivity index is 2.89. The third-order valence-corrected chi connectivity index (χ3v) is 4.48. The normalized spacial score (nSPS) is 12.9. The minimum atomic E-state index is -3.75. The standard InChI is InChI=1S/C13H21N3O3S/c1-4-16(5-2)13(17)10(3)15-20(18,19)12-8-6-7-11(14)9-12/h6-10,15H,4-5,14H2,1-3H3. The summed E-state index contributed by atoms with van der Waals surface area (Å²) in [6.07, 6.45) is 0. The molecule has 3 N–H and O–H groups in total. The molecular weight excluding hydrogens is 278 g/mol. The fraction of sp³-hybridized carbons (Fsp3) is 0.462. The highest BCUT2D eigenvalue weighted by Crippen LogP contribution is 2.13. The number of nitrogens with one attached hydrogen (secondary N) is 1. The van der Waals surface area contributed by atoms with E-state index in [1.54, 1.807) is 17.0 Å². The van der Waals surface area contributed by atoms with Gasteiger partial charge in [0.1, 0.15) is 0 Å². The van der Waals surface area contributed by atoms with Gasteiger partial charge in [-0.15, -0.1) is 0 Å². The molecule has 0 aromatic heterocycles. The van der Waals surface area contributed by atoms with E-state index >= 15 is 0 Å². The van der Waals surface area contributed by atoms with Crippen molar-refractivity contribution in [2.75, 3.05) is 18.8 Å². The molecule has 0 aliphatic carbocycles. The summed E-state index contributed by atoms with van der Waals surface area (Å²) in [5.74, 6) is -0.248. The van der Waals surface area contributed by atoms with Gasteiger partial charge in [0, 0.05) is 18.8 Å². The van der Waals surface area contributed by atoms with Gasteiger partial charge in [0.05, 0.1) is 10.9 Å². The molecule has 20 heavy (non-hydrogen) atoms. The fourth-order valence-electron chi connectivity index (χ4n) is 1.84. The topological polar surface area (TPSA) is 92.5 Å². The Kier molecular flexibility index (Phi) is 5.52. The summed E-state index contributed by atoms with van der Waals surface area (Å²) in [5, 5.41) is 0. The van der Waals surface area contributed by atoms with Crippen LogP contribution in [0.2, 0.25) is 0 Å². The number of hydrogen-bond donors (Lipinski definition) is 2. The zero-order valence-corrected chi connectivity index (χ0v) is 12.8. The van der Waals surface area contributed by atoms with E-state index in [0.717, 1.165) is 0 Å². The van der Waals surface area contributed by atoms with E-state index in [2.05, 4.69) is 4.72 Å². The van der Waals surface area contributed by atoms with E-state index < -0.39 is 16.1 Å². The van der Waals surface area contributed by atoms with Gasteiger partial charge in [-0.05, 0) is 39.0 Å². The molecule has 0 spiro atoms. The first-order chi connectivity index (χ1) is 9.31. The van der Waals surface area contributed by atoms with Crippen molar-refractivity contribution in [2.24, 2.45) is 0 Å². The van der Waals surface area contributed by atoms with E-state index in [0.29, 0.717) is 18.8 Å². The van der Waals surface area contributed by atoms with Crippen molar-refractivity contribution in [2.45, 2.75) is 31.7 Å². The number of amides is 1. The summed E-state index contributed by atoms with van der Waals surface area (Å²) in [4.78, 5) is 13.7. The van der Waals surface area contributed by atoms with Gasteiger partial charge < -0.3 is 10.6 Å². The van der Waals surface area contributed by atoms with Crippen LogP contribution in [0.1, 0.15) is 20.8 Å². The predicted molar refractivity (Wildman–Crippen MR) is 78.6 cm³/mol. The molecule has 1 rings (SSSR count). The van der Waals surface area contributed by atoms with Gasteiger partial charge in [-0.2, -0.15) is 4.72 Å². The second-order valence-electron chi connectivity index (χ2n) is 4.43. The largest absolute Gasteiger partial charge is 0.399 e. The molecule has 0 fully saturated rings. The lowest BCUT2D eigenvalue weighted by atomic mass is 10.3. The molecule has 1 unspecified atom stereocenters. The average Bonchev–Trinajstić information content (AvgIpc) is 2.39. The van der Waals surface area contributed by atoms with Crippen LogP contribution in [0.15, 0.2) is 29.2 Å². The van der Waals surface area contributed by atoms with Crippen molar-refractivity contribution in [3.63, 3.8) is 0 Å². The van der Waals surface area contributed by atoms with Crippen LogP contribution in [-0.4, -0.2) is 38.4 Å². The van der Waals surface area contributed by atoms with Crippen LogP contribution in [0.25, 0.3) is 0 Å². The molecule has 1 atom stereocenters. The van der Waals surface area contributed by atoms with Crippen LogP contribution in [0, 0.1) is 0 Å². The molecule has 0 radical (unpaired) electrons. The van der Waals surface area contributed by atoms with Crippen LogP contribution in [0.5, 0.6) is 0 Å². The Labute approximate surface area is 120 Å². The van der Waals surface area contributed by atoms with Crippen molar-refractivity contribution >= 4 is 21.6 Å². The van der Waals surface area contributed by atoms with Crippen LogP contribution in [0.4, 0.5) is 5.69 Å². The minimum Gasteiger partial charge on any atom is -0.399 e. The summed E-state index contributed by atoms with van der Waals surface area (Å²) < 4.78 is 26.7. The van der Waals surface area contributed by atoms with Crippen molar-refractivity contribution in [1.82, 2.24) is 9.62 Å². The molecule has 0 saturated heterocycles. The first-order valence-electron chi connectivity index (χ1n) is 6.48. The van der Waals surface area contributed by atoms with Gasteiger partial charge >= 0.3 is 0 Å². The number of hydrogen-bond acceptors (Lipinski definition) is 4. The predicted octanol–water partition coefficient (Wildman–Crippen LogP) is 0.804. The van der Waals surface area contributed by atoms with Crippen LogP contribution in [-0.2, 0) is 14.8 Å². The van der Waals surface area contributed by atoms with Gasteiger partial charge in [-0.1, -0.05) is 6.07 Å². The molecule has 6 nitrogen and oxygen atoms in total. The van der Waals surface area contributed by atoms with Crippen molar-refractivity contribution in [3.8, 4) is 0 Å². The Morgan fingerprint density at radius 3 is 2.45 bits per heavy atom. The molecule has 0 aliphatic rings. The number of benzene rings is 1. The SMILES string of the molecule is CCN(CC)C(=O)C(C)NS(=O)(=O)c1cccc(N)c1. The number of carbonyl (C=O) groups excluding carboxylic acids is 1. The number of anilines is 1. The second-order valence-corrected chi connectivity index (χ2v) is 6.14. The summed E-state index contributed by atoms with van der Waals surface area (Å²) in [5.41, 5.74) is 5.93. The quantitative estimate of drug-likeness (QED) is 0.760. The Hall–Kier alpha value is -1.60. The third-order valence-electron chi connectivity index (χ3n) is 2.95. The van der Waals surface area contributed by atoms with Gasteiger partial charge in [0.25, 0.3) is 0 Å². The summed E-state index contributed by atoms with van der Waals surface area (Å²) in [6, 6.07) is 5.13. The van der Waals surface area contributed by atoms with Gasteiger partial charge in [0.15, 0.2) is 0 Å². The molecule has 112 valence electrons. The van der Waals surface area contributed by atoms with E-state index in [1.165, 1.54) is 19.1 Å². The van der Waals surface area contributed by atoms with E-state index in [-0.39, 0.29) is 10.8 Å². The number of carbonyl (C=O) groups is 1. The number of nitrogen functional groups attached to an aromatic ring is 1. The molecule has 0 heterocycles. The van der Waals surface area contributed by atoms with Crippen molar-refractivity contribution < 1.29 is 13.2 Å². The number of sulfonamides is 1. The number of nitrogens with two attached hydrogens (primary N) is 1. The molecule has 0 saturated carbocycles. The van der Waals surface area contributed by atoms with Crippen LogP contribution >= 0.6 is 0 Å². The van der Waals surface area contributed by atoms with Gasteiger partial charge in [0.2, 0.25) is 15.9 Å². The minimum absolute atomic E-state index is 0.0525. The van der Waals surface area contributed by atoms with Gasteiger partial charge in [-0.3, -0.25) is 4.79 Å². The maximum atomic E-state index is 12.2. The molecular formula is C13H21N3O3S. The monoisotopic (exact) mass is 299 g/mol. The first kappa shape index (κ1) is 16.5. The maximum absolute atomic E-state index is 12.2. The Morgan fingerprint density at radius 1 is 1.35 bits per heavy atom. The van der Waals surface area contributed by atoms with E-state index in [1.807, 2.05) is 13.8 Å². The molecule has 1 aromatic rings. The molecule has 1 aromatic carbocycles. The summed E-state index contributed by atoms with van der Waals surface area (Å²) >= 11 is 0. The molecule has 7 heteroatoms. The number of rotatable bonds is 6. The van der Waals surface area contributed by atoms with Crippen molar-refractivity contribution in [3.05, 3.63) is 24.3 Å². The Bertz CT molecular complexity index is 568. The van der Waals surface area contributed by atoms with Gasteiger partial charge in [-0.25, -0.2) is 8.42 Å². The summed E-state index contributed by atoms with van der Waals surface area (Å²) in [7, 11) is -3.75. The van der Waals surface area contributed by atoms with Crippen molar-refractivity contribution in [1.29, 1.82) is 0 Å². The van der Waals surface area contributed by atoms with Crippen LogP contribution < -0.4 is 10.5 Å². The number of nitrogens with zero attached hydrogens (tertiary/aromatic N) is 1. The molecule has 0 aliphatic heterocycles. The second kappa shape index (κ2) is 6.71. The first-order valence-corrected chi connectivity index (χ1v) is 7.96. The average molecular weight is 299 g/mol. The lowest BCUT2D eigenvalue weighted by molar-refractivity contribution is -0.132. The van der Waals surface area contributed by atoms with E-state index in [9.17, 15) is 13.2 Å². The zero-order valence-electron chi connectivity index (χ0n) is 12.0. The lowest BCUT2D eigenvalue weighted by Gasteiger charge is -2.23. The fourth-order valence-corrected chi connectivity index (χ4v) is 3.09.